The number of carbonyl (C=O) groups is 2. The number of aliphatic carboxylic acids is 2. The van der Waals surface area contributed by atoms with E-state index in [4.69, 9.17) is 5.11 Å². The van der Waals surface area contributed by atoms with Gasteiger partial charge in [0.05, 0.1) is 0 Å². The van der Waals surface area contributed by atoms with Crippen molar-refractivity contribution in [1.29, 1.82) is 0 Å². The summed E-state index contributed by atoms with van der Waals surface area (Å²) in [6, 6.07) is 12.9. The average molecular weight is 392 g/mol. The summed E-state index contributed by atoms with van der Waals surface area (Å²) in [5, 5.41) is 20.3. The van der Waals surface area contributed by atoms with Crippen molar-refractivity contribution < 1.29 is 29.3 Å². The van der Waals surface area contributed by atoms with Gasteiger partial charge in [0, 0.05) is 13.0 Å². The molecule has 2 atom stereocenters. The summed E-state index contributed by atoms with van der Waals surface area (Å²) in [5.41, 5.74) is 1.15. The molecule has 3 N–H and O–H groups in total. The number of hydrogen-bond donors (Lipinski definition) is 3. The van der Waals surface area contributed by atoms with Gasteiger partial charge in [-0.2, -0.15) is 0 Å². The van der Waals surface area contributed by atoms with Crippen LogP contribution in [0.4, 0.5) is 0 Å². The van der Waals surface area contributed by atoms with Gasteiger partial charge in [-0.3, -0.25) is 9.59 Å². The third-order valence-corrected chi connectivity index (χ3v) is 5.33. The highest BCUT2D eigenvalue weighted by Crippen LogP contribution is 2.28. The van der Waals surface area contributed by atoms with Gasteiger partial charge in [0.25, 0.3) is 0 Å². The van der Waals surface area contributed by atoms with E-state index in [9.17, 15) is 24.2 Å². The minimum Gasteiger partial charge on any atom is -0.481 e. The van der Waals surface area contributed by atoms with Crippen molar-refractivity contribution in [1.82, 2.24) is 4.67 Å². The largest absolute Gasteiger partial charge is 0.613 e. The Balaban J connectivity index is 1.91. The molecule has 0 amide bonds. The quantitative estimate of drug-likeness (QED) is 0.396. The van der Waals surface area contributed by atoms with Gasteiger partial charge >= 0.3 is 20.1 Å². The topological polar surface area (TPSA) is 115 Å². The number of carboxylic acid groups (broad SMARTS) is 2. The second-order valence-electron chi connectivity index (χ2n) is 6.34. The number of carboxylic acids is 2. The van der Waals surface area contributed by atoms with Crippen LogP contribution < -0.4 is 0 Å². The van der Waals surface area contributed by atoms with E-state index < -0.39 is 26.2 Å². The second-order valence-corrected chi connectivity index (χ2v) is 7.36. The second kappa shape index (κ2) is 10.1. The van der Waals surface area contributed by atoms with E-state index in [1.54, 1.807) is 0 Å². The molecule has 0 spiro atoms. The molecule has 0 radical (unpaired) electrons. The first-order valence-corrected chi connectivity index (χ1v) is 9.90. The fraction of sp³-hybridized carbons (Fsp3) is 0.368. The highest BCUT2D eigenvalue weighted by Gasteiger charge is 2.38. The van der Waals surface area contributed by atoms with Crippen LogP contribution in [0.25, 0.3) is 10.8 Å². The van der Waals surface area contributed by atoms with E-state index >= 15 is 0 Å². The van der Waals surface area contributed by atoms with Crippen molar-refractivity contribution in [2.45, 2.75) is 38.1 Å². The highest BCUT2D eigenvalue weighted by molar-refractivity contribution is 7.35. The van der Waals surface area contributed by atoms with Crippen LogP contribution in [0.3, 0.4) is 0 Å². The van der Waals surface area contributed by atoms with Crippen LogP contribution in [0.2, 0.25) is 0 Å². The van der Waals surface area contributed by atoms with Crippen molar-refractivity contribution in [3.8, 4) is 0 Å². The molecular formula is C19H23NO6P+. The Kier molecular flexibility index (Phi) is 7.85. The minimum absolute atomic E-state index is 0.121. The van der Waals surface area contributed by atoms with Crippen LogP contribution in [0.15, 0.2) is 42.5 Å². The number of nitrogens with zero attached hydrogens (tertiary/aromatic N) is 1. The first-order valence-electron chi connectivity index (χ1n) is 8.73. The highest BCUT2D eigenvalue weighted by atomic mass is 31.1. The molecule has 2 aromatic carbocycles. The van der Waals surface area contributed by atoms with Crippen molar-refractivity contribution in [3.63, 3.8) is 0 Å². The van der Waals surface area contributed by atoms with Crippen molar-refractivity contribution in [2.24, 2.45) is 0 Å². The van der Waals surface area contributed by atoms with Gasteiger partial charge in [0.2, 0.25) is 0 Å². The predicted molar refractivity (Wildman–Crippen MR) is 102 cm³/mol. The van der Waals surface area contributed by atoms with E-state index in [2.05, 4.69) is 6.07 Å². The summed E-state index contributed by atoms with van der Waals surface area (Å²) in [6.07, 6.45) is 1.45. The molecule has 0 aliphatic heterocycles. The lowest BCUT2D eigenvalue weighted by Crippen LogP contribution is -2.37. The molecule has 0 aliphatic rings. The van der Waals surface area contributed by atoms with Crippen molar-refractivity contribution >= 4 is 30.9 Å². The Morgan fingerprint density at radius 1 is 1.04 bits per heavy atom. The minimum atomic E-state index is -2.85. The van der Waals surface area contributed by atoms with Gasteiger partial charge in [-0.15, -0.1) is 4.89 Å². The van der Waals surface area contributed by atoms with Crippen LogP contribution in [0.5, 0.6) is 0 Å². The average Bonchev–Trinajstić information content (AvgIpc) is 2.62. The zero-order valence-corrected chi connectivity index (χ0v) is 15.7. The van der Waals surface area contributed by atoms with E-state index in [0.29, 0.717) is 6.42 Å². The SMILES string of the molecule is O=C(O)CCC(C(=O)O)N(CCCCc1ccc2ccccc2c1)[P+](=O)O. The fourth-order valence-corrected chi connectivity index (χ4v) is 3.78. The summed E-state index contributed by atoms with van der Waals surface area (Å²) in [7, 11) is -2.85. The molecule has 0 saturated heterocycles. The molecule has 0 bridgehead atoms. The first kappa shape index (κ1) is 21.0. The number of benzene rings is 2. The molecule has 2 aromatic rings. The Labute approximate surface area is 158 Å². The van der Waals surface area contributed by atoms with E-state index in [1.807, 2.05) is 36.4 Å². The summed E-state index contributed by atoms with van der Waals surface area (Å²) in [6.45, 7) is 0.121. The molecule has 0 saturated carbocycles. The van der Waals surface area contributed by atoms with Crippen LogP contribution >= 0.6 is 8.18 Å². The molecule has 144 valence electrons. The summed E-state index contributed by atoms with van der Waals surface area (Å²) in [4.78, 5) is 31.5. The van der Waals surface area contributed by atoms with E-state index in [0.717, 1.165) is 33.8 Å². The Morgan fingerprint density at radius 2 is 1.74 bits per heavy atom. The molecule has 0 fully saturated rings. The van der Waals surface area contributed by atoms with E-state index in [-0.39, 0.29) is 19.4 Å². The monoisotopic (exact) mass is 392 g/mol. The fourth-order valence-electron chi connectivity index (χ4n) is 3.02. The maximum absolute atomic E-state index is 11.6. The number of hydrogen-bond acceptors (Lipinski definition) is 3. The van der Waals surface area contributed by atoms with Gasteiger partial charge < -0.3 is 10.2 Å². The van der Waals surface area contributed by atoms with Crippen molar-refractivity contribution in [2.75, 3.05) is 6.54 Å². The first-order chi connectivity index (χ1) is 12.9. The standard InChI is InChI=1S/C19H22NO6P/c21-18(22)11-10-17(19(23)24)20(27(25)26)12-4-3-5-14-8-9-15-6-1-2-7-16(15)13-14/h1-2,6-9,13,17H,3-5,10-12H2,(H2-,21,22,23,24,25,26)/p+1. The number of aryl methyl sites for hydroxylation is 1. The van der Waals surface area contributed by atoms with Crippen LogP contribution in [-0.4, -0.2) is 44.3 Å². The van der Waals surface area contributed by atoms with E-state index in [1.165, 1.54) is 0 Å². The third-order valence-electron chi connectivity index (χ3n) is 4.41. The van der Waals surface area contributed by atoms with Crippen molar-refractivity contribution in [3.05, 3.63) is 48.0 Å². The zero-order chi connectivity index (χ0) is 19.8. The molecule has 0 aliphatic carbocycles. The number of unbranched alkanes of at least 4 members (excludes halogenated alkanes) is 1. The smallest absolute Gasteiger partial charge is 0.481 e. The van der Waals surface area contributed by atoms with Gasteiger partial charge in [0.15, 0.2) is 6.04 Å². The molecule has 0 heterocycles. The normalized spacial score (nSPS) is 12.9. The lowest BCUT2D eigenvalue weighted by molar-refractivity contribution is -0.142. The van der Waals surface area contributed by atoms with Gasteiger partial charge in [0.1, 0.15) is 0 Å². The molecular weight excluding hydrogens is 369 g/mol. The molecule has 27 heavy (non-hydrogen) atoms. The maximum Gasteiger partial charge on any atom is 0.613 e. The lowest BCUT2D eigenvalue weighted by atomic mass is 10.0. The third kappa shape index (κ3) is 6.40. The zero-order valence-electron chi connectivity index (χ0n) is 14.8. The Hall–Kier alpha value is -2.34. The van der Waals surface area contributed by atoms with Gasteiger partial charge in [-0.05, 0) is 46.6 Å². The molecule has 2 unspecified atom stereocenters. The molecule has 2 rings (SSSR count). The number of fused-ring (bicyclic) bond motifs is 1. The predicted octanol–water partition coefficient (Wildman–Crippen LogP) is 3.43. The Bertz CT molecular complexity index is 825. The Morgan fingerprint density at radius 3 is 2.37 bits per heavy atom. The lowest BCUT2D eigenvalue weighted by Gasteiger charge is -2.16. The summed E-state index contributed by atoms with van der Waals surface area (Å²) < 4.78 is 12.5. The van der Waals surface area contributed by atoms with Crippen LogP contribution in [0.1, 0.15) is 31.2 Å². The summed E-state index contributed by atoms with van der Waals surface area (Å²) >= 11 is 0. The number of rotatable bonds is 11. The van der Waals surface area contributed by atoms with Gasteiger partial charge in [-0.25, -0.2) is 0 Å². The molecule has 8 heteroatoms. The molecule has 7 nitrogen and oxygen atoms in total. The maximum atomic E-state index is 11.6. The van der Waals surface area contributed by atoms with Gasteiger partial charge in [-0.1, -0.05) is 47.1 Å². The summed E-state index contributed by atoms with van der Waals surface area (Å²) in [5.74, 6) is -2.42. The van der Waals surface area contributed by atoms with Crippen LogP contribution in [-0.2, 0) is 20.6 Å². The van der Waals surface area contributed by atoms with Crippen LogP contribution in [0, 0.1) is 0 Å². The molecule has 0 aromatic heterocycles.